The third kappa shape index (κ3) is 2.51. The van der Waals surface area contributed by atoms with Gasteiger partial charge in [0.1, 0.15) is 11.0 Å². The molecule has 0 aliphatic carbocycles. The molecular formula is C12H17NO2S. The lowest BCUT2D eigenvalue weighted by molar-refractivity contribution is 0.0416. The topological polar surface area (TPSA) is 29.5 Å². The van der Waals surface area contributed by atoms with Crippen molar-refractivity contribution in [2.24, 2.45) is 0 Å². The van der Waals surface area contributed by atoms with E-state index in [1.54, 1.807) is 0 Å². The van der Waals surface area contributed by atoms with Crippen LogP contribution in [0.2, 0.25) is 0 Å². The molecule has 16 heavy (non-hydrogen) atoms. The van der Waals surface area contributed by atoms with Crippen molar-refractivity contribution in [2.45, 2.75) is 24.8 Å². The number of ether oxygens (including phenoxy) is 1. The van der Waals surface area contributed by atoms with Gasteiger partial charge in [0.25, 0.3) is 0 Å². The molecule has 0 spiro atoms. The second-order valence-corrected chi connectivity index (χ2v) is 5.57. The molecule has 1 aromatic rings. The second kappa shape index (κ2) is 5.08. The van der Waals surface area contributed by atoms with Gasteiger partial charge in [-0.2, -0.15) is 0 Å². The average molecular weight is 239 g/mol. The summed E-state index contributed by atoms with van der Waals surface area (Å²) in [5.41, 5.74) is 1.19. The van der Waals surface area contributed by atoms with E-state index in [1.807, 2.05) is 42.4 Å². The zero-order valence-corrected chi connectivity index (χ0v) is 10.5. The zero-order chi connectivity index (χ0) is 11.5. The molecular weight excluding hydrogens is 222 g/mol. The zero-order valence-electron chi connectivity index (χ0n) is 9.68. The van der Waals surface area contributed by atoms with Gasteiger partial charge in [-0.15, -0.1) is 0 Å². The lowest BCUT2D eigenvalue weighted by Crippen LogP contribution is -2.44. The highest BCUT2D eigenvalue weighted by atomic mass is 32.2. The highest BCUT2D eigenvalue weighted by Crippen LogP contribution is 2.16. The molecule has 1 aliphatic rings. The van der Waals surface area contributed by atoms with Crippen LogP contribution in [0.15, 0.2) is 29.2 Å². The van der Waals surface area contributed by atoms with E-state index < -0.39 is 11.0 Å². The van der Waals surface area contributed by atoms with Crippen LogP contribution >= 0.6 is 0 Å². The van der Waals surface area contributed by atoms with Crippen LogP contribution in [0.3, 0.4) is 0 Å². The van der Waals surface area contributed by atoms with E-state index >= 15 is 0 Å². The van der Waals surface area contributed by atoms with Crippen molar-refractivity contribution in [1.82, 2.24) is 4.31 Å². The lowest BCUT2D eigenvalue weighted by atomic mass is 10.2. The summed E-state index contributed by atoms with van der Waals surface area (Å²) in [7, 11) is -1.05. The van der Waals surface area contributed by atoms with E-state index in [-0.39, 0.29) is 6.04 Å². The number of aryl methyl sites for hydroxylation is 1. The van der Waals surface area contributed by atoms with Crippen LogP contribution < -0.4 is 0 Å². The third-order valence-corrected chi connectivity index (χ3v) is 4.39. The standard InChI is InChI=1S/C12H17NO2S/c1-10-3-5-12(6-4-10)16(14)13-7-8-15-9-11(13)2/h3-6,11H,7-9H2,1-2H3/t11-,16?/m0/s1. The van der Waals surface area contributed by atoms with Gasteiger partial charge in [-0.05, 0) is 26.0 Å². The van der Waals surface area contributed by atoms with Gasteiger partial charge in [-0.25, -0.2) is 8.51 Å². The van der Waals surface area contributed by atoms with Gasteiger partial charge in [0, 0.05) is 12.6 Å². The summed E-state index contributed by atoms with van der Waals surface area (Å²) in [6, 6.07) is 8.09. The fraction of sp³-hybridized carbons (Fsp3) is 0.500. The Morgan fingerprint density at radius 2 is 2.06 bits per heavy atom. The second-order valence-electron chi connectivity index (χ2n) is 4.13. The molecule has 1 aliphatic heterocycles. The molecule has 1 unspecified atom stereocenters. The molecule has 1 saturated heterocycles. The average Bonchev–Trinajstić information content (AvgIpc) is 2.30. The molecule has 0 amide bonds. The number of hydrogen-bond donors (Lipinski definition) is 0. The van der Waals surface area contributed by atoms with Crippen molar-refractivity contribution in [2.75, 3.05) is 19.8 Å². The predicted molar refractivity (Wildman–Crippen MR) is 64.6 cm³/mol. The Bertz CT molecular complexity index is 377. The molecule has 3 nitrogen and oxygen atoms in total. The van der Waals surface area contributed by atoms with Crippen molar-refractivity contribution in [3.05, 3.63) is 29.8 Å². The first-order chi connectivity index (χ1) is 7.68. The quantitative estimate of drug-likeness (QED) is 0.786. The number of rotatable bonds is 2. The van der Waals surface area contributed by atoms with Crippen molar-refractivity contribution in [3.8, 4) is 0 Å². The highest BCUT2D eigenvalue weighted by Gasteiger charge is 2.24. The van der Waals surface area contributed by atoms with Gasteiger partial charge in [-0.3, -0.25) is 0 Å². The van der Waals surface area contributed by atoms with Crippen molar-refractivity contribution in [3.63, 3.8) is 0 Å². The van der Waals surface area contributed by atoms with Gasteiger partial charge in [-0.1, -0.05) is 17.7 Å². The maximum Gasteiger partial charge on any atom is 0.128 e. The minimum absolute atomic E-state index is 0.218. The molecule has 4 heteroatoms. The van der Waals surface area contributed by atoms with E-state index in [9.17, 15) is 4.21 Å². The first-order valence-corrected chi connectivity index (χ1v) is 6.62. The summed E-state index contributed by atoms with van der Waals surface area (Å²) >= 11 is 0. The molecule has 0 aromatic heterocycles. The number of nitrogens with zero attached hydrogens (tertiary/aromatic N) is 1. The van der Waals surface area contributed by atoms with Crippen LogP contribution in [-0.2, 0) is 15.7 Å². The van der Waals surface area contributed by atoms with Gasteiger partial charge >= 0.3 is 0 Å². The first kappa shape index (κ1) is 11.8. The van der Waals surface area contributed by atoms with Crippen molar-refractivity contribution < 1.29 is 8.95 Å². The van der Waals surface area contributed by atoms with Crippen LogP contribution in [0.25, 0.3) is 0 Å². The smallest absolute Gasteiger partial charge is 0.128 e. The maximum absolute atomic E-state index is 12.3. The van der Waals surface area contributed by atoms with Crippen LogP contribution in [0.1, 0.15) is 12.5 Å². The lowest BCUT2D eigenvalue weighted by Gasteiger charge is -2.31. The maximum atomic E-state index is 12.3. The normalized spacial score (nSPS) is 24.2. The summed E-state index contributed by atoms with van der Waals surface area (Å²) in [6.45, 7) is 6.15. The fourth-order valence-corrected chi connectivity index (χ4v) is 3.02. The van der Waals surface area contributed by atoms with E-state index in [4.69, 9.17) is 4.74 Å². The monoisotopic (exact) mass is 239 g/mol. The summed E-state index contributed by atoms with van der Waals surface area (Å²) in [4.78, 5) is 0.874. The summed E-state index contributed by atoms with van der Waals surface area (Å²) < 4.78 is 19.6. The summed E-state index contributed by atoms with van der Waals surface area (Å²) in [5.74, 6) is 0. The van der Waals surface area contributed by atoms with E-state index in [0.29, 0.717) is 13.2 Å². The fourth-order valence-electron chi connectivity index (χ4n) is 1.75. The molecule has 0 N–H and O–H groups in total. The number of hydrogen-bond acceptors (Lipinski definition) is 2. The number of morpholine rings is 1. The largest absolute Gasteiger partial charge is 0.378 e. The minimum atomic E-state index is -1.05. The van der Waals surface area contributed by atoms with E-state index in [0.717, 1.165) is 11.4 Å². The molecule has 2 atom stereocenters. The third-order valence-electron chi connectivity index (χ3n) is 2.74. The molecule has 2 rings (SSSR count). The Labute approximate surface area is 99.0 Å². The minimum Gasteiger partial charge on any atom is -0.378 e. The molecule has 1 aromatic carbocycles. The van der Waals surface area contributed by atoms with Gasteiger partial charge in [0.2, 0.25) is 0 Å². The Balaban J connectivity index is 2.14. The Morgan fingerprint density at radius 1 is 1.38 bits per heavy atom. The molecule has 0 radical (unpaired) electrons. The predicted octanol–water partition coefficient (Wildman–Crippen LogP) is 1.74. The van der Waals surface area contributed by atoms with E-state index in [2.05, 4.69) is 0 Å². The molecule has 0 saturated carbocycles. The molecule has 1 fully saturated rings. The van der Waals surface area contributed by atoms with Gasteiger partial charge < -0.3 is 4.74 Å². The van der Waals surface area contributed by atoms with Crippen LogP contribution in [0.5, 0.6) is 0 Å². The van der Waals surface area contributed by atoms with Gasteiger partial charge in [0.05, 0.1) is 18.1 Å². The first-order valence-electron chi connectivity index (χ1n) is 5.51. The van der Waals surface area contributed by atoms with Crippen molar-refractivity contribution >= 4 is 11.0 Å². The van der Waals surface area contributed by atoms with Crippen LogP contribution in [0, 0.1) is 6.92 Å². The Morgan fingerprint density at radius 3 is 2.69 bits per heavy atom. The SMILES string of the molecule is Cc1ccc(S(=O)N2CCOC[C@@H]2C)cc1. The van der Waals surface area contributed by atoms with Crippen LogP contribution in [-0.4, -0.2) is 34.3 Å². The van der Waals surface area contributed by atoms with Crippen molar-refractivity contribution in [1.29, 1.82) is 0 Å². The highest BCUT2D eigenvalue weighted by molar-refractivity contribution is 7.82. The Hall–Kier alpha value is -0.710. The molecule has 0 bridgehead atoms. The Kier molecular flexibility index (Phi) is 3.74. The summed E-state index contributed by atoms with van der Waals surface area (Å²) in [6.07, 6.45) is 0. The number of benzene rings is 1. The molecule has 1 heterocycles. The summed E-state index contributed by atoms with van der Waals surface area (Å²) in [5, 5.41) is 0. The molecule has 88 valence electrons. The van der Waals surface area contributed by atoms with Gasteiger partial charge in [0.15, 0.2) is 0 Å². The van der Waals surface area contributed by atoms with Crippen LogP contribution in [0.4, 0.5) is 0 Å². The van der Waals surface area contributed by atoms with E-state index in [1.165, 1.54) is 5.56 Å².